The number of fused-ring (bicyclic) bond motifs is 7. The molecule has 8 aromatic carbocycles. The average Bonchev–Trinajstić information content (AvgIpc) is 3.76. The Morgan fingerprint density at radius 3 is 1.95 bits per heavy atom. The van der Waals surface area contributed by atoms with Gasteiger partial charge in [-0.2, -0.15) is 0 Å². The predicted molar refractivity (Wildman–Crippen MR) is 235 cm³/mol. The third-order valence-electron chi connectivity index (χ3n) is 11.7. The molecule has 0 aliphatic heterocycles. The number of benzene rings is 8. The Hall–Kier alpha value is -7.30. The Labute approximate surface area is 331 Å². The molecule has 0 saturated heterocycles. The summed E-state index contributed by atoms with van der Waals surface area (Å²) in [6.07, 6.45) is 0. The molecule has 0 saturated carbocycles. The van der Waals surface area contributed by atoms with Crippen LogP contribution in [0.4, 0.5) is 17.1 Å². The summed E-state index contributed by atoms with van der Waals surface area (Å²) in [6, 6.07) is 66.5. The normalized spacial score (nSPS) is 12.9. The van der Waals surface area contributed by atoms with Crippen LogP contribution in [-0.4, -0.2) is 9.97 Å². The molecular formula is C53H37N3O. The lowest BCUT2D eigenvalue weighted by atomic mass is 9.82. The van der Waals surface area contributed by atoms with Gasteiger partial charge in [0.05, 0.1) is 16.9 Å². The molecular weight excluding hydrogens is 695 g/mol. The molecule has 0 fully saturated rings. The van der Waals surface area contributed by atoms with Crippen molar-refractivity contribution in [2.75, 3.05) is 4.90 Å². The maximum Gasteiger partial charge on any atom is 0.161 e. The van der Waals surface area contributed by atoms with Crippen LogP contribution in [0, 0.1) is 0 Å². The van der Waals surface area contributed by atoms with Gasteiger partial charge in [0.25, 0.3) is 0 Å². The highest BCUT2D eigenvalue weighted by Gasteiger charge is 2.37. The Kier molecular flexibility index (Phi) is 7.48. The zero-order valence-electron chi connectivity index (χ0n) is 31.6. The van der Waals surface area contributed by atoms with Crippen molar-refractivity contribution in [1.29, 1.82) is 0 Å². The zero-order valence-corrected chi connectivity index (χ0v) is 31.6. The first-order chi connectivity index (χ1) is 28.0. The van der Waals surface area contributed by atoms with E-state index < -0.39 is 0 Å². The van der Waals surface area contributed by atoms with E-state index in [1.54, 1.807) is 0 Å². The van der Waals surface area contributed by atoms with E-state index >= 15 is 0 Å². The molecule has 1 aliphatic carbocycles. The number of rotatable bonds is 6. The van der Waals surface area contributed by atoms with E-state index in [1.807, 2.05) is 30.3 Å². The van der Waals surface area contributed by atoms with Gasteiger partial charge in [0.15, 0.2) is 5.82 Å². The highest BCUT2D eigenvalue weighted by molar-refractivity contribution is 6.13. The molecule has 57 heavy (non-hydrogen) atoms. The van der Waals surface area contributed by atoms with Crippen molar-refractivity contribution in [3.8, 4) is 44.9 Å². The van der Waals surface area contributed by atoms with E-state index in [-0.39, 0.29) is 5.41 Å². The summed E-state index contributed by atoms with van der Waals surface area (Å²) in [5, 5.41) is 3.02. The summed E-state index contributed by atoms with van der Waals surface area (Å²) in [6.45, 7) is 4.67. The fraction of sp³-hybridized carbons (Fsp3) is 0.0566. The minimum Gasteiger partial charge on any atom is -0.456 e. The van der Waals surface area contributed by atoms with Crippen LogP contribution in [0.15, 0.2) is 192 Å². The smallest absolute Gasteiger partial charge is 0.161 e. The fourth-order valence-corrected chi connectivity index (χ4v) is 8.94. The molecule has 0 spiro atoms. The average molecular weight is 732 g/mol. The maximum atomic E-state index is 6.60. The largest absolute Gasteiger partial charge is 0.456 e. The first-order valence-corrected chi connectivity index (χ1v) is 19.5. The van der Waals surface area contributed by atoms with Crippen LogP contribution in [0.2, 0.25) is 0 Å². The lowest BCUT2D eigenvalue weighted by Gasteiger charge is -2.29. The van der Waals surface area contributed by atoms with Crippen molar-refractivity contribution in [1.82, 2.24) is 9.97 Å². The molecule has 4 nitrogen and oxygen atoms in total. The Morgan fingerprint density at radius 2 is 1.12 bits per heavy atom. The monoisotopic (exact) mass is 731 g/mol. The van der Waals surface area contributed by atoms with Crippen molar-refractivity contribution in [2.45, 2.75) is 19.3 Å². The number of hydrogen-bond donors (Lipinski definition) is 0. The van der Waals surface area contributed by atoms with Crippen LogP contribution in [0.5, 0.6) is 0 Å². The van der Waals surface area contributed by atoms with Gasteiger partial charge in [-0.25, -0.2) is 9.97 Å². The Morgan fingerprint density at radius 1 is 0.474 bits per heavy atom. The third-order valence-corrected chi connectivity index (χ3v) is 11.7. The van der Waals surface area contributed by atoms with Crippen LogP contribution in [0.25, 0.3) is 77.7 Å². The van der Waals surface area contributed by atoms with Crippen LogP contribution in [0.1, 0.15) is 25.0 Å². The van der Waals surface area contributed by atoms with Gasteiger partial charge in [0.2, 0.25) is 0 Å². The minimum atomic E-state index is -0.136. The van der Waals surface area contributed by atoms with Crippen LogP contribution >= 0.6 is 0 Å². The fourth-order valence-electron chi connectivity index (χ4n) is 8.94. The molecule has 4 heteroatoms. The summed E-state index contributed by atoms with van der Waals surface area (Å²) in [7, 11) is 0. The van der Waals surface area contributed by atoms with Gasteiger partial charge < -0.3 is 9.32 Å². The molecule has 0 N–H and O–H groups in total. The summed E-state index contributed by atoms with van der Waals surface area (Å²) in [5.41, 5.74) is 16.1. The summed E-state index contributed by atoms with van der Waals surface area (Å²) in [5.74, 6) is 0.666. The number of nitrogens with zero attached hydrogens (tertiary/aromatic N) is 3. The van der Waals surface area contributed by atoms with Gasteiger partial charge in [-0.3, -0.25) is 0 Å². The molecule has 0 bridgehead atoms. The molecule has 0 unspecified atom stereocenters. The number of aromatic nitrogens is 2. The first-order valence-electron chi connectivity index (χ1n) is 19.5. The molecule has 1 aliphatic rings. The lowest BCUT2D eigenvalue weighted by molar-refractivity contribution is 0.660. The van der Waals surface area contributed by atoms with Gasteiger partial charge in [0.1, 0.15) is 11.2 Å². The first kappa shape index (κ1) is 33.1. The minimum absolute atomic E-state index is 0.136. The van der Waals surface area contributed by atoms with E-state index in [2.05, 4.69) is 176 Å². The SMILES string of the molecule is CC1(C)c2ccccc2-c2c(N(c3ccc(-c4ccccc4)cc3)c3ccc4oc5cccc(-c6nc(-c7ccccc7)c7ccccc7n6)c5c4c3)cccc21. The van der Waals surface area contributed by atoms with Gasteiger partial charge in [0, 0.05) is 49.6 Å². The molecule has 270 valence electrons. The summed E-state index contributed by atoms with van der Waals surface area (Å²) < 4.78 is 6.60. The van der Waals surface area contributed by atoms with Crippen LogP contribution in [0.3, 0.4) is 0 Å². The van der Waals surface area contributed by atoms with Gasteiger partial charge in [-0.1, -0.05) is 153 Å². The predicted octanol–water partition coefficient (Wildman–Crippen LogP) is 14.3. The van der Waals surface area contributed by atoms with Crippen molar-refractivity contribution >= 4 is 49.9 Å². The quantitative estimate of drug-likeness (QED) is 0.171. The molecule has 11 rings (SSSR count). The van der Waals surface area contributed by atoms with E-state index in [9.17, 15) is 0 Å². The maximum absolute atomic E-state index is 6.60. The van der Waals surface area contributed by atoms with E-state index in [1.165, 1.54) is 33.4 Å². The Bertz CT molecular complexity index is 3150. The summed E-state index contributed by atoms with van der Waals surface area (Å²) in [4.78, 5) is 12.8. The third kappa shape index (κ3) is 5.29. The van der Waals surface area contributed by atoms with Crippen LogP contribution in [-0.2, 0) is 5.41 Å². The topological polar surface area (TPSA) is 42.2 Å². The second-order valence-corrected chi connectivity index (χ2v) is 15.4. The second-order valence-electron chi connectivity index (χ2n) is 15.4. The molecule has 0 radical (unpaired) electrons. The molecule has 2 aromatic heterocycles. The van der Waals surface area contributed by atoms with Crippen molar-refractivity contribution in [3.63, 3.8) is 0 Å². The van der Waals surface area contributed by atoms with E-state index in [0.29, 0.717) is 5.82 Å². The van der Waals surface area contributed by atoms with Crippen molar-refractivity contribution in [2.24, 2.45) is 0 Å². The number of para-hydroxylation sites is 1. The number of hydrogen-bond acceptors (Lipinski definition) is 4. The molecule has 2 heterocycles. The molecule has 0 atom stereocenters. The molecule has 0 amide bonds. The highest BCUT2D eigenvalue weighted by atomic mass is 16.3. The van der Waals surface area contributed by atoms with Gasteiger partial charge >= 0.3 is 0 Å². The van der Waals surface area contributed by atoms with Crippen molar-refractivity contribution < 1.29 is 4.42 Å². The lowest BCUT2D eigenvalue weighted by Crippen LogP contribution is -2.16. The van der Waals surface area contributed by atoms with E-state index in [4.69, 9.17) is 14.4 Å². The highest BCUT2D eigenvalue weighted by Crippen LogP contribution is 2.54. The van der Waals surface area contributed by atoms with E-state index in [0.717, 1.165) is 66.7 Å². The van der Waals surface area contributed by atoms with Gasteiger partial charge in [-0.15, -0.1) is 0 Å². The standard InChI is InChI=1S/C53H37N3O/c1-53(2)43-22-11-9-19-39(43)50-44(53)23-14-25-46(50)56(37-29-27-35(28-30-37)34-15-5-3-6-16-34)38-31-32-47-42(33-38)49-41(21-13-26-48(49)57-47)52-54-45-24-12-10-20-40(45)51(55-52)36-17-7-4-8-18-36/h3-33H,1-2H3. The number of furan rings is 1. The molecule has 10 aromatic rings. The zero-order chi connectivity index (χ0) is 38.1. The summed E-state index contributed by atoms with van der Waals surface area (Å²) >= 11 is 0. The number of anilines is 3. The second kappa shape index (κ2) is 12.9. The van der Waals surface area contributed by atoms with Gasteiger partial charge in [-0.05, 0) is 76.3 Å². The van der Waals surface area contributed by atoms with Crippen molar-refractivity contribution in [3.05, 3.63) is 199 Å². The van der Waals surface area contributed by atoms with Crippen LogP contribution < -0.4 is 4.90 Å². The Balaban J connectivity index is 1.14.